The molecule has 1 unspecified atom stereocenters. The van der Waals surface area contributed by atoms with Gasteiger partial charge in [0.1, 0.15) is 5.60 Å². The fourth-order valence-corrected chi connectivity index (χ4v) is 1.54. The summed E-state index contributed by atoms with van der Waals surface area (Å²) in [6.07, 6.45) is 0. The van der Waals surface area contributed by atoms with Gasteiger partial charge in [0, 0.05) is 18.1 Å². The predicted molar refractivity (Wildman–Crippen MR) is 62.3 cm³/mol. The van der Waals surface area contributed by atoms with E-state index in [2.05, 4.69) is 28.9 Å². The first-order valence-electron chi connectivity index (χ1n) is 4.55. The molecule has 2 N–H and O–H groups in total. The Morgan fingerprint density at radius 2 is 2.14 bits per heavy atom. The van der Waals surface area contributed by atoms with E-state index in [1.165, 1.54) is 5.56 Å². The summed E-state index contributed by atoms with van der Waals surface area (Å²) in [6.45, 7) is 4.53. The molecule has 0 aliphatic carbocycles. The molecule has 78 valence electrons. The molecule has 0 saturated carbocycles. The summed E-state index contributed by atoms with van der Waals surface area (Å²) in [6, 6.07) is 6.16. The van der Waals surface area contributed by atoms with Gasteiger partial charge in [-0.2, -0.15) is 0 Å². The molecule has 0 radical (unpaired) electrons. The molecule has 1 rings (SSSR count). The van der Waals surface area contributed by atoms with E-state index in [0.29, 0.717) is 6.54 Å². The summed E-state index contributed by atoms with van der Waals surface area (Å²) >= 11 is 3.47. The van der Waals surface area contributed by atoms with Crippen molar-refractivity contribution in [2.24, 2.45) is 5.73 Å². The maximum Gasteiger partial charge on any atom is 0.102 e. The standard InChI is InChI=1S/C11H16BrNO/c1-8-6-9(4-5-10(8)12)11(2,7-13)14-3/h4-6H,7,13H2,1-3H3. The second-order valence-corrected chi connectivity index (χ2v) is 4.46. The van der Waals surface area contributed by atoms with Crippen molar-refractivity contribution in [1.82, 2.24) is 0 Å². The second-order valence-electron chi connectivity index (χ2n) is 3.60. The summed E-state index contributed by atoms with van der Waals surface area (Å²) in [7, 11) is 1.68. The quantitative estimate of drug-likeness (QED) is 0.904. The normalized spacial score (nSPS) is 15.2. The van der Waals surface area contributed by atoms with Crippen LogP contribution in [-0.2, 0) is 10.3 Å². The summed E-state index contributed by atoms with van der Waals surface area (Å²) < 4.78 is 6.54. The number of rotatable bonds is 3. The van der Waals surface area contributed by atoms with Gasteiger partial charge in [-0.05, 0) is 31.0 Å². The van der Waals surface area contributed by atoms with Gasteiger partial charge in [-0.15, -0.1) is 0 Å². The van der Waals surface area contributed by atoms with Crippen molar-refractivity contribution in [3.63, 3.8) is 0 Å². The van der Waals surface area contributed by atoms with Crippen molar-refractivity contribution >= 4 is 15.9 Å². The molecule has 0 saturated heterocycles. The molecular weight excluding hydrogens is 242 g/mol. The number of benzene rings is 1. The van der Waals surface area contributed by atoms with Gasteiger partial charge in [0.2, 0.25) is 0 Å². The highest BCUT2D eigenvalue weighted by molar-refractivity contribution is 9.10. The van der Waals surface area contributed by atoms with Crippen LogP contribution in [0.3, 0.4) is 0 Å². The first-order valence-corrected chi connectivity index (χ1v) is 5.34. The van der Waals surface area contributed by atoms with Gasteiger partial charge < -0.3 is 10.5 Å². The van der Waals surface area contributed by atoms with E-state index in [0.717, 1.165) is 10.0 Å². The van der Waals surface area contributed by atoms with E-state index in [4.69, 9.17) is 10.5 Å². The Labute approximate surface area is 93.6 Å². The van der Waals surface area contributed by atoms with E-state index in [-0.39, 0.29) is 5.60 Å². The van der Waals surface area contributed by atoms with Crippen LogP contribution >= 0.6 is 15.9 Å². The molecule has 0 aliphatic heterocycles. The first-order chi connectivity index (χ1) is 6.53. The molecule has 0 amide bonds. The molecule has 0 fully saturated rings. The molecule has 0 aliphatic rings. The Hall–Kier alpha value is -0.380. The van der Waals surface area contributed by atoms with Gasteiger partial charge in [0.25, 0.3) is 0 Å². The largest absolute Gasteiger partial charge is 0.372 e. The molecule has 3 heteroatoms. The van der Waals surface area contributed by atoms with Crippen LogP contribution in [-0.4, -0.2) is 13.7 Å². The zero-order chi connectivity index (χ0) is 10.8. The Morgan fingerprint density at radius 3 is 2.57 bits per heavy atom. The van der Waals surface area contributed by atoms with Crippen molar-refractivity contribution < 1.29 is 4.74 Å². The third kappa shape index (κ3) is 2.16. The summed E-state index contributed by atoms with van der Waals surface area (Å²) in [4.78, 5) is 0. The molecule has 2 nitrogen and oxygen atoms in total. The van der Waals surface area contributed by atoms with Crippen molar-refractivity contribution in [1.29, 1.82) is 0 Å². The highest BCUT2D eigenvalue weighted by atomic mass is 79.9. The Bertz CT molecular complexity index is 321. The SMILES string of the molecule is COC(C)(CN)c1ccc(Br)c(C)c1. The molecule has 0 aromatic heterocycles. The van der Waals surface area contributed by atoms with Crippen molar-refractivity contribution in [3.05, 3.63) is 33.8 Å². The highest BCUT2D eigenvalue weighted by Crippen LogP contribution is 2.27. The minimum atomic E-state index is -0.383. The van der Waals surface area contributed by atoms with Crippen molar-refractivity contribution in [3.8, 4) is 0 Å². The van der Waals surface area contributed by atoms with Crippen LogP contribution in [0.5, 0.6) is 0 Å². The third-order valence-corrected chi connectivity index (χ3v) is 3.50. The van der Waals surface area contributed by atoms with Crippen molar-refractivity contribution in [2.75, 3.05) is 13.7 Å². The summed E-state index contributed by atoms with van der Waals surface area (Å²) in [5.41, 5.74) is 7.63. The van der Waals surface area contributed by atoms with E-state index < -0.39 is 0 Å². The van der Waals surface area contributed by atoms with Crippen LogP contribution in [0.25, 0.3) is 0 Å². The van der Waals surface area contributed by atoms with Gasteiger partial charge in [-0.1, -0.05) is 28.1 Å². The zero-order valence-electron chi connectivity index (χ0n) is 8.80. The van der Waals surface area contributed by atoms with Crippen LogP contribution in [0.15, 0.2) is 22.7 Å². The van der Waals surface area contributed by atoms with Gasteiger partial charge in [-0.3, -0.25) is 0 Å². The smallest absolute Gasteiger partial charge is 0.102 e. The van der Waals surface area contributed by atoms with Crippen LogP contribution in [0.1, 0.15) is 18.1 Å². The van der Waals surface area contributed by atoms with E-state index in [1.54, 1.807) is 7.11 Å². The minimum Gasteiger partial charge on any atom is -0.372 e. The maximum absolute atomic E-state index is 5.70. The maximum atomic E-state index is 5.70. The second kappa shape index (κ2) is 4.43. The molecule has 14 heavy (non-hydrogen) atoms. The number of hydrogen-bond acceptors (Lipinski definition) is 2. The highest BCUT2D eigenvalue weighted by Gasteiger charge is 2.24. The fourth-order valence-electron chi connectivity index (χ4n) is 1.29. The monoisotopic (exact) mass is 257 g/mol. The number of ether oxygens (including phenoxy) is 1. The van der Waals surface area contributed by atoms with Crippen LogP contribution < -0.4 is 5.73 Å². The third-order valence-electron chi connectivity index (χ3n) is 2.61. The molecule has 1 aromatic carbocycles. The van der Waals surface area contributed by atoms with Gasteiger partial charge in [-0.25, -0.2) is 0 Å². The Balaban J connectivity index is 3.12. The van der Waals surface area contributed by atoms with Crippen LogP contribution in [0.4, 0.5) is 0 Å². The summed E-state index contributed by atoms with van der Waals surface area (Å²) in [5.74, 6) is 0. The number of halogens is 1. The fraction of sp³-hybridized carbons (Fsp3) is 0.455. The minimum absolute atomic E-state index is 0.383. The molecular formula is C11H16BrNO. The molecule has 0 spiro atoms. The zero-order valence-corrected chi connectivity index (χ0v) is 10.4. The molecule has 1 aromatic rings. The van der Waals surface area contributed by atoms with E-state index >= 15 is 0 Å². The molecule has 1 atom stereocenters. The predicted octanol–water partition coefficient (Wildman–Crippen LogP) is 2.58. The van der Waals surface area contributed by atoms with E-state index in [9.17, 15) is 0 Å². The Kier molecular flexibility index (Phi) is 3.70. The van der Waals surface area contributed by atoms with Crippen LogP contribution in [0.2, 0.25) is 0 Å². The van der Waals surface area contributed by atoms with Gasteiger partial charge >= 0.3 is 0 Å². The van der Waals surface area contributed by atoms with Gasteiger partial charge in [0.05, 0.1) is 0 Å². The van der Waals surface area contributed by atoms with Gasteiger partial charge in [0.15, 0.2) is 0 Å². The van der Waals surface area contributed by atoms with Crippen molar-refractivity contribution in [2.45, 2.75) is 19.4 Å². The topological polar surface area (TPSA) is 35.2 Å². The lowest BCUT2D eigenvalue weighted by Gasteiger charge is -2.27. The lowest BCUT2D eigenvalue weighted by atomic mass is 9.94. The number of hydrogen-bond donors (Lipinski definition) is 1. The number of methoxy groups -OCH3 is 1. The molecule has 0 heterocycles. The Morgan fingerprint density at radius 1 is 1.50 bits per heavy atom. The van der Waals surface area contributed by atoms with E-state index in [1.807, 2.05) is 19.1 Å². The van der Waals surface area contributed by atoms with Crippen LogP contribution in [0, 0.1) is 6.92 Å². The lowest BCUT2D eigenvalue weighted by molar-refractivity contribution is 0.0100. The number of nitrogens with two attached hydrogens (primary N) is 1. The first kappa shape index (κ1) is 11.7. The lowest BCUT2D eigenvalue weighted by Crippen LogP contribution is -2.33. The average Bonchev–Trinajstić information content (AvgIpc) is 2.21. The molecule has 0 bridgehead atoms. The number of aryl methyl sites for hydroxylation is 1. The summed E-state index contributed by atoms with van der Waals surface area (Å²) in [5, 5.41) is 0. The average molecular weight is 258 g/mol.